The van der Waals surface area contributed by atoms with Gasteiger partial charge in [-0.15, -0.1) is 10.2 Å². The third-order valence-electron chi connectivity index (χ3n) is 4.75. The second kappa shape index (κ2) is 8.69. The number of rotatable bonds is 6. The Morgan fingerprint density at radius 1 is 1.38 bits per heavy atom. The number of aryl methyl sites for hydroxylation is 1. The lowest BCUT2D eigenvalue weighted by Crippen LogP contribution is -2.45. The molecular weight excluding hydrogens is 330 g/mol. The molecule has 0 spiro atoms. The maximum atomic E-state index is 12.8. The van der Waals surface area contributed by atoms with Crippen molar-refractivity contribution in [2.45, 2.75) is 51.7 Å². The monoisotopic (exact) mass is 357 g/mol. The van der Waals surface area contributed by atoms with Crippen molar-refractivity contribution in [1.29, 1.82) is 0 Å². The highest BCUT2D eigenvalue weighted by molar-refractivity contribution is 5.74. The maximum Gasteiger partial charge on any atom is 0.318 e. The molecule has 3 rings (SSSR count). The van der Waals surface area contributed by atoms with Gasteiger partial charge in [0.25, 0.3) is 0 Å². The summed E-state index contributed by atoms with van der Waals surface area (Å²) in [7, 11) is 1.64. The summed E-state index contributed by atoms with van der Waals surface area (Å²) < 4.78 is 7.31. The molecule has 1 fully saturated rings. The molecular formula is C19H27N5O2. The summed E-state index contributed by atoms with van der Waals surface area (Å²) in [5.41, 5.74) is 1.01. The molecule has 0 saturated carbocycles. The quantitative estimate of drug-likeness (QED) is 0.862. The van der Waals surface area contributed by atoms with Crippen molar-refractivity contribution in [3.63, 3.8) is 0 Å². The first kappa shape index (κ1) is 18.2. The summed E-state index contributed by atoms with van der Waals surface area (Å²) in [6.07, 6.45) is 5.82. The average molecular weight is 357 g/mol. The summed E-state index contributed by atoms with van der Waals surface area (Å²) in [4.78, 5) is 14.7. The highest BCUT2D eigenvalue weighted by atomic mass is 16.5. The number of hydrogen-bond acceptors (Lipinski definition) is 4. The van der Waals surface area contributed by atoms with Gasteiger partial charge in [0.1, 0.15) is 12.1 Å². The fourth-order valence-electron chi connectivity index (χ4n) is 3.44. The normalized spacial score (nSPS) is 17.2. The number of amides is 2. The van der Waals surface area contributed by atoms with E-state index in [0.29, 0.717) is 6.54 Å². The second-order valence-corrected chi connectivity index (χ2v) is 6.60. The Morgan fingerprint density at radius 2 is 2.27 bits per heavy atom. The van der Waals surface area contributed by atoms with E-state index in [4.69, 9.17) is 4.74 Å². The third-order valence-corrected chi connectivity index (χ3v) is 4.75. The minimum absolute atomic E-state index is 0.0110. The molecule has 1 atom stereocenters. The number of likely N-dealkylation sites (tertiary alicyclic amines) is 1. The van der Waals surface area contributed by atoms with E-state index in [1.165, 1.54) is 0 Å². The van der Waals surface area contributed by atoms with E-state index in [-0.39, 0.29) is 12.1 Å². The first-order valence-electron chi connectivity index (χ1n) is 9.28. The minimum atomic E-state index is -0.0523. The highest BCUT2D eigenvalue weighted by Gasteiger charge is 2.31. The number of hydrogen-bond donors (Lipinski definition) is 1. The molecule has 0 unspecified atom stereocenters. The van der Waals surface area contributed by atoms with Crippen molar-refractivity contribution < 1.29 is 9.53 Å². The van der Waals surface area contributed by atoms with E-state index in [1.54, 1.807) is 13.4 Å². The Balaban J connectivity index is 1.68. The standard InChI is InChI=1S/C19H27N5O2/c1-3-10-23-14-21-22-18(23)17-9-4-5-11-24(17)19(25)20-13-15-7-6-8-16(12-15)26-2/h6-8,12,14,17H,3-5,9-11,13H2,1-2H3,(H,20,25)/t17-/m0/s1. The van der Waals surface area contributed by atoms with E-state index in [1.807, 2.05) is 29.2 Å². The summed E-state index contributed by atoms with van der Waals surface area (Å²) in [5.74, 6) is 1.68. The number of urea groups is 1. The molecule has 26 heavy (non-hydrogen) atoms. The fraction of sp³-hybridized carbons (Fsp3) is 0.526. The lowest BCUT2D eigenvalue weighted by molar-refractivity contribution is 0.145. The van der Waals surface area contributed by atoms with Gasteiger partial charge in [0, 0.05) is 19.6 Å². The van der Waals surface area contributed by atoms with E-state index in [0.717, 1.165) is 55.9 Å². The molecule has 1 saturated heterocycles. The topological polar surface area (TPSA) is 72.3 Å². The number of piperidine rings is 1. The lowest BCUT2D eigenvalue weighted by atomic mass is 10.0. The van der Waals surface area contributed by atoms with Crippen LogP contribution in [-0.2, 0) is 13.1 Å². The maximum absolute atomic E-state index is 12.8. The number of carbonyl (C=O) groups is 1. The Bertz CT molecular complexity index is 730. The van der Waals surface area contributed by atoms with Crippen molar-refractivity contribution in [2.24, 2.45) is 0 Å². The number of carbonyl (C=O) groups excluding carboxylic acids is 1. The summed E-state index contributed by atoms with van der Waals surface area (Å²) in [6.45, 7) is 4.22. The second-order valence-electron chi connectivity index (χ2n) is 6.60. The Labute approximate surface area is 154 Å². The van der Waals surface area contributed by atoms with Crippen LogP contribution >= 0.6 is 0 Å². The van der Waals surface area contributed by atoms with E-state index in [2.05, 4.69) is 27.0 Å². The van der Waals surface area contributed by atoms with Crippen LogP contribution in [0.25, 0.3) is 0 Å². The van der Waals surface area contributed by atoms with Crippen molar-refractivity contribution in [3.8, 4) is 5.75 Å². The van der Waals surface area contributed by atoms with Crippen LogP contribution in [0.2, 0.25) is 0 Å². The van der Waals surface area contributed by atoms with Crippen molar-refractivity contribution >= 4 is 6.03 Å². The predicted molar refractivity (Wildman–Crippen MR) is 98.8 cm³/mol. The molecule has 0 bridgehead atoms. The van der Waals surface area contributed by atoms with Crippen LogP contribution in [0.3, 0.4) is 0 Å². The van der Waals surface area contributed by atoms with Gasteiger partial charge in [-0.3, -0.25) is 0 Å². The van der Waals surface area contributed by atoms with Gasteiger partial charge in [-0.1, -0.05) is 19.1 Å². The molecule has 1 aromatic carbocycles. The molecule has 1 aliphatic rings. The first-order chi connectivity index (χ1) is 12.7. The SMILES string of the molecule is CCCn1cnnc1[C@@H]1CCCCN1C(=O)NCc1cccc(OC)c1. The van der Waals surface area contributed by atoms with Crippen LogP contribution in [0.15, 0.2) is 30.6 Å². The third kappa shape index (κ3) is 4.15. The van der Waals surface area contributed by atoms with Crippen LogP contribution in [0.4, 0.5) is 4.79 Å². The molecule has 1 aromatic heterocycles. The minimum Gasteiger partial charge on any atom is -0.497 e. The molecule has 0 aliphatic carbocycles. The zero-order chi connectivity index (χ0) is 18.4. The molecule has 2 heterocycles. The van der Waals surface area contributed by atoms with Gasteiger partial charge < -0.3 is 19.5 Å². The predicted octanol–water partition coefficient (Wildman–Crippen LogP) is 3.13. The summed E-state index contributed by atoms with van der Waals surface area (Å²) >= 11 is 0. The molecule has 2 amide bonds. The van der Waals surface area contributed by atoms with Crippen LogP contribution < -0.4 is 10.1 Å². The van der Waals surface area contributed by atoms with Gasteiger partial charge in [-0.05, 0) is 43.4 Å². The Morgan fingerprint density at radius 3 is 3.08 bits per heavy atom. The van der Waals surface area contributed by atoms with E-state index < -0.39 is 0 Å². The molecule has 2 aromatic rings. The van der Waals surface area contributed by atoms with Gasteiger partial charge >= 0.3 is 6.03 Å². The molecule has 1 N–H and O–H groups in total. The van der Waals surface area contributed by atoms with Crippen LogP contribution in [0.1, 0.15) is 50.0 Å². The smallest absolute Gasteiger partial charge is 0.318 e. The molecule has 0 radical (unpaired) electrons. The number of nitrogens with one attached hydrogen (secondary N) is 1. The number of ether oxygens (including phenoxy) is 1. The van der Waals surface area contributed by atoms with Crippen molar-refractivity contribution in [2.75, 3.05) is 13.7 Å². The van der Waals surface area contributed by atoms with Gasteiger partial charge in [0.05, 0.1) is 13.2 Å². The van der Waals surface area contributed by atoms with Crippen LogP contribution in [0, 0.1) is 0 Å². The van der Waals surface area contributed by atoms with Crippen molar-refractivity contribution in [1.82, 2.24) is 25.0 Å². The first-order valence-corrected chi connectivity index (χ1v) is 9.28. The zero-order valence-electron chi connectivity index (χ0n) is 15.5. The summed E-state index contributed by atoms with van der Waals surface area (Å²) in [5, 5.41) is 11.4. The Hall–Kier alpha value is -2.57. The largest absolute Gasteiger partial charge is 0.497 e. The van der Waals surface area contributed by atoms with Crippen LogP contribution in [-0.4, -0.2) is 39.4 Å². The van der Waals surface area contributed by atoms with Gasteiger partial charge in [-0.2, -0.15) is 0 Å². The number of benzene rings is 1. The van der Waals surface area contributed by atoms with Gasteiger partial charge in [0.2, 0.25) is 0 Å². The molecule has 140 valence electrons. The van der Waals surface area contributed by atoms with Crippen LogP contribution in [0.5, 0.6) is 5.75 Å². The van der Waals surface area contributed by atoms with Crippen molar-refractivity contribution in [3.05, 3.63) is 42.0 Å². The molecule has 1 aliphatic heterocycles. The lowest BCUT2D eigenvalue weighted by Gasteiger charge is -2.35. The zero-order valence-corrected chi connectivity index (χ0v) is 15.5. The summed E-state index contributed by atoms with van der Waals surface area (Å²) in [6, 6.07) is 7.68. The van der Waals surface area contributed by atoms with E-state index >= 15 is 0 Å². The van der Waals surface area contributed by atoms with E-state index in [9.17, 15) is 4.79 Å². The van der Waals surface area contributed by atoms with Gasteiger partial charge in [-0.25, -0.2) is 4.79 Å². The highest BCUT2D eigenvalue weighted by Crippen LogP contribution is 2.29. The average Bonchev–Trinajstić information content (AvgIpc) is 3.14. The molecule has 7 heteroatoms. The number of aromatic nitrogens is 3. The number of methoxy groups -OCH3 is 1. The Kier molecular flexibility index (Phi) is 6.09. The fourth-order valence-corrected chi connectivity index (χ4v) is 3.44. The number of nitrogens with zero attached hydrogens (tertiary/aromatic N) is 4. The van der Waals surface area contributed by atoms with Gasteiger partial charge in [0.15, 0.2) is 5.82 Å². The molecule has 7 nitrogen and oxygen atoms in total.